The molecule has 0 aliphatic carbocycles. The number of hydroxylamine groups is 2. The van der Waals surface area contributed by atoms with Crippen molar-refractivity contribution in [1.82, 2.24) is 48.7 Å². The van der Waals surface area contributed by atoms with Crippen LogP contribution in [0.3, 0.4) is 0 Å². The number of fused-ring (bicyclic) bond motifs is 6. The molecule has 32 nitrogen and oxygen atoms in total. The Hall–Kier alpha value is -9.73. The van der Waals surface area contributed by atoms with Crippen molar-refractivity contribution in [3.8, 4) is 28.7 Å². The minimum absolute atomic E-state index is 0. The smallest absolute Gasteiger partial charge is 0.505 e. The van der Waals surface area contributed by atoms with Gasteiger partial charge in [-0.1, -0.05) is 46.9 Å². The molecule has 0 saturated carbocycles. The molecule has 11 aromatic rings. The summed E-state index contributed by atoms with van der Waals surface area (Å²) in [6, 6.07) is 21.0. The van der Waals surface area contributed by atoms with Crippen LogP contribution in [0.15, 0.2) is 129 Å². The minimum Gasteiger partial charge on any atom is -0.505 e. The van der Waals surface area contributed by atoms with Crippen molar-refractivity contribution in [2.45, 2.75) is 139 Å². The van der Waals surface area contributed by atoms with E-state index in [4.69, 9.17) is 111 Å². The summed E-state index contributed by atoms with van der Waals surface area (Å²) >= 11 is 18.5. The van der Waals surface area contributed by atoms with Crippen LogP contribution >= 0.6 is 34.8 Å². The Bertz CT molecular complexity index is 5650. The Balaban J connectivity index is 0.000000158. The van der Waals surface area contributed by atoms with Crippen LogP contribution in [0.5, 0.6) is 28.7 Å². The maximum absolute atomic E-state index is 14.5. The monoisotopic (exact) mass is 1860 g/mol. The van der Waals surface area contributed by atoms with Crippen molar-refractivity contribution in [1.29, 1.82) is 0 Å². The number of hydrogen-bond donors (Lipinski definition) is 2. The second-order valence-electron chi connectivity index (χ2n) is 29.1. The van der Waals surface area contributed by atoms with Gasteiger partial charge in [-0.15, -0.1) is 12.1 Å². The van der Waals surface area contributed by atoms with Gasteiger partial charge in [0.05, 0.1) is 40.5 Å². The number of carbonyl (C=O) groups excluding carboxylic acids is 2. The van der Waals surface area contributed by atoms with Crippen molar-refractivity contribution in [3.05, 3.63) is 219 Å². The Labute approximate surface area is 748 Å². The number of Topliss-reactive ketones (excluding diaryl/α,β-unsaturated/α-hetero) is 1. The summed E-state index contributed by atoms with van der Waals surface area (Å²) in [5.74, 6) is -16.9. The number of halogens is 13. The summed E-state index contributed by atoms with van der Waals surface area (Å²) in [5, 5.41) is 23.7. The molecule has 1 amide bonds. The average molecular weight is 1860 g/mol. The third-order valence-electron chi connectivity index (χ3n) is 19.4. The first kappa shape index (κ1) is 98.9. The molecule has 6 saturated heterocycles. The molecule has 0 bridgehead atoms. The number of aromatic hydroxyl groups is 1. The third-order valence-corrected chi connectivity index (χ3v) is 20.3. The zero-order valence-corrected chi connectivity index (χ0v) is 72.2. The molecule has 17 rings (SSSR count). The third kappa shape index (κ3) is 21.6. The van der Waals surface area contributed by atoms with Crippen molar-refractivity contribution in [3.63, 3.8) is 0 Å². The summed E-state index contributed by atoms with van der Waals surface area (Å²) in [4.78, 5) is 56.0. The fourth-order valence-electron chi connectivity index (χ4n) is 14.0. The second-order valence-corrected chi connectivity index (χ2v) is 30.2. The molecule has 2 N–H and O–H groups in total. The number of hydrogen-bond acceptors (Lipinski definition) is 28. The first-order chi connectivity index (χ1) is 60.5. The number of aliphatic hydroxyl groups excluding tert-OH is 1. The largest absolute Gasteiger partial charge is 1.00 e. The minimum atomic E-state index is -1.45. The van der Waals surface area contributed by atoms with Gasteiger partial charge in [-0.25, -0.2) is 56.9 Å². The summed E-state index contributed by atoms with van der Waals surface area (Å²) in [6.07, 6.45) is -1.50. The molecule has 128 heavy (non-hydrogen) atoms. The number of phenols is 1. The molecule has 682 valence electrons. The molecule has 46 heteroatoms. The molecule has 0 spiro atoms. The second kappa shape index (κ2) is 42.4. The maximum atomic E-state index is 14.5. The van der Waals surface area contributed by atoms with E-state index in [-0.39, 0.29) is 84.9 Å². The van der Waals surface area contributed by atoms with Crippen LogP contribution in [0, 0.1) is 64.2 Å². The van der Waals surface area contributed by atoms with E-state index in [1.807, 2.05) is 0 Å². The Morgan fingerprint density at radius 1 is 0.477 bits per heavy atom. The van der Waals surface area contributed by atoms with Gasteiger partial charge in [0.25, 0.3) is 5.91 Å². The van der Waals surface area contributed by atoms with Crippen LogP contribution in [0.2, 0.25) is 15.5 Å². The van der Waals surface area contributed by atoms with E-state index < -0.39 is 178 Å². The van der Waals surface area contributed by atoms with Gasteiger partial charge in [-0.3, -0.25) is 18.8 Å². The number of carbonyl (C=O) groups is 2. The number of amides is 1. The van der Waals surface area contributed by atoms with Gasteiger partial charge in [0.2, 0.25) is 17.5 Å². The van der Waals surface area contributed by atoms with E-state index >= 15 is 0 Å². The normalized spacial score (nSPS) is 22.5. The summed E-state index contributed by atoms with van der Waals surface area (Å²) < 4.78 is 230. The van der Waals surface area contributed by atoms with Gasteiger partial charge in [-0.2, -0.15) is 23.6 Å². The topological polar surface area (TPSA) is 336 Å². The summed E-state index contributed by atoms with van der Waals surface area (Å²) in [5.41, 5.74) is 1.34. The fraction of sp³-hybridized carbons (Fsp3) is 0.390. The van der Waals surface area contributed by atoms with Crippen LogP contribution < -0.4 is 37.8 Å². The van der Waals surface area contributed by atoms with Crippen LogP contribution in [-0.2, 0) is 71.2 Å². The standard InChI is InChI=1S/C22H22ClF2N3O6.C22H20ClF2N3O6.C16H19ClN4O5.C8H8F2O2.C8H7F2O2.C6H4F2O.Li/c2*1-22(2)33-17-16(14(29)10-4-5-12(24)13(25)15(10)31-9-30-3)32-21(18(17)34-22)28-7-6-11-19(23)26-8-27-20(11)28;1-16(2)25-9-10(14(22)20(3)23-4)24-15(11(9)26-16)21-6-5-8-12(17)18-7-19-13(8)21;2*1-11-5-12-7-4-2-3-6(9)8(7)10;7-4-2-1-3-5(9)6(4)8;/h4-8,14,16-18,21,29H,9H2,1-3H3;4-8,16-18,21H,9H2,1-3H3;5-7,9-11,15H,1-4H3;2-4H,5H2,1H3;2-3H,5H2,1H3;1-3,9H;/q;;;;-1;;+1/t14-,16-,17-,18-,21-;16-,17-,18-,21-;9-,10+,11-,15-;;;;/m111..../s1. The molecule has 12 heterocycles. The van der Waals surface area contributed by atoms with Gasteiger partial charge in [0.1, 0.15) is 100 Å². The maximum Gasteiger partial charge on any atom is 1.00 e. The summed E-state index contributed by atoms with van der Waals surface area (Å²) in [7, 11) is 8.38. The zero-order chi connectivity index (χ0) is 91.8. The van der Waals surface area contributed by atoms with E-state index in [9.17, 15) is 58.6 Å². The van der Waals surface area contributed by atoms with Gasteiger partial charge >= 0.3 is 18.9 Å². The van der Waals surface area contributed by atoms with Crippen LogP contribution in [0.25, 0.3) is 33.1 Å². The average Bonchev–Trinajstić information content (AvgIpc) is 1.49. The molecular formula is C82H80Cl3F10LiN10O22. The van der Waals surface area contributed by atoms with Gasteiger partial charge in [0, 0.05) is 65.4 Å². The molecule has 0 unspecified atom stereocenters. The Morgan fingerprint density at radius 3 is 1.38 bits per heavy atom. The van der Waals surface area contributed by atoms with Crippen LogP contribution in [0.4, 0.5) is 43.9 Å². The summed E-state index contributed by atoms with van der Waals surface area (Å²) in [6.45, 7) is 9.55. The van der Waals surface area contributed by atoms with E-state index in [2.05, 4.69) is 50.2 Å². The van der Waals surface area contributed by atoms with Crippen LogP contribution in [0.1, 0.15) is 82.3 Å². The number of ketones is 1. The number of likely N-dealkylation sites (N-methyl/N-ethyl adjacent to an activating group) is 1. The van der Waals surface area contributed by atoms with E-state index in [1.165, 1.54) is 91.9 Å². The molecule has 13 atom stereocenters. The number of rotatable bonds is 21. The zero-order valence-electron chi connectivity index (χ0n) is 69.9. The van der Waals surface area contributed by atoms with E-state index in [0.717, 1.165) is 47.5 Å². The van der Waals surface area contributed by atoms with Gasteiger partial charge in [0.15, 0.2) is 133 Å². The van der Waals surface area contributed by atoms with E-state index in [1.54, 1.807) is 92.0 Å². The Morgan fingerprint density at radius 2 is 0.883 bits per heavy atom. The fourth-order valence-corrected chi connectivity index (χ4v) is 14.6. The SMILES string of the molecule is COCOc1[c-]ccc(F)c1F.COCOc1c(C(=O)[C@H]2O[C@@H](n3ccc4c(Cl)ncnc43)[C@@H]3OC(C)(C)O[C@@H]32)ccc(F)c1F.COCOc1c([C@@H](O)[C@H]2O[C@@H](n3ccc4c(Cl)ncnc43)[C@@H]3OC(C)(C)O[C@@H]32)ccc(F)c1F.COCOc1cccc(F)c1F.CON(C)C(=O)[C@H]1O[C@@H](n2ccc3c(Cl)ncnc32)[C@@H]2OC(C)(C)O[C@@H]21.Oc1cccc(F)c1F.[Li+]. The van der Waals surface area contributed by atoms with Crippen molar-refractivity contribution >= 4 is 79.6 Å². The van der Waals surface area contributed by atoms with Crippen molar-refractivity contribution in [2.24, 2.45) is 0 Å². The molecule has 5 aromatic carbocycles. The Kier molecular flexibility index (Phi) is 32.8. The molecular weight excluding hydrogens is 1780 g/mol. The number of aliphatic hydroxyl groups is 1. The van der Waals surface area contributed by atoms with Crippen LogP contribution in [-0.4, -0.2) is 213 Å². The first-order valence-electron chi connectivity index (χ1n) is 37.8. The molecule has 6 fully saturated rings. The van der Waals surface area contributed by atoms with Gasteiger partial charge in [-0.05, 0) is 108 Å². The predicted molar refractivity (Wildman–Crippen MR) is 422 cm³/mol. The number of methoxy groups -OCH3 is 4. The predicted octanol–water partition coefficient (Wildman–Crippen LogP) is 11.0. The number of nitrogens with zero attached hydrogens (tertiary/aromatic N) is 10. The van der Waals surface area contributed by atoms with E-state index in [0.29, 0.717) is 38.3 Å². The number of aromatic nitrogens is 9. The quantitative estimate of drug-likeness (QED) is 0.0128. The van der Waals surface area contributed by atoms with Crippen molar-refractivity contribution in [2.75, 3.05) is 69.8 Å². The number of phenolic OH excluding ortho intramolecular Hbond substituents is 1. The van der Waals surface area contributed by atoms with Gasteiger partial charge < -0.3 is 104 Å². The first-order valence-corrected chi connectivity index (χ1v) is 39.0. The number of benzene rings is 5. The van der Waals surface area contributed by atoms with Crippen molar-refractivity contribution < 1.29 is 168 Å². The molecule has 6 aromatic heterocycles. The number of ether oxygens (including phenoxy) is 17. The molecule has 0 radical (unpaired) electrons. The molecule has 6 aliphatic heterocycles. The molecule has 6 aliphatic rings.